The lowest BCUT2D eigenvalue weighted by atomic mass is 10.0. The van der Waals surface area contributed by atoms with Gasteiger partial charge in [-0.15, -0.1) is 0 Å². The van der Waals surface area contributed by atoms with Crippen LogP contribution in [0.5, 0.6) is 0 Å². The van der Waals surface area contributed by atoms with Crippen LogP contribution in [-0.4, -0.2) is 51.0 Å². The standard InChI is InChI=1S/C24H24N6O4/c25-23(26)16-8-6-15(7-9-16)21-10-19(34-29-21)11-22(31)27-13-20(24(32)33)17-12-28-30(14-17)18-4-2-1-3-5-18/h1-9,12,14,19-20H,10-11,13H2,(H3,25,26)(H,27,31)(H,32,33)/t19?,20-/m0/s1. The fourth-order valence-corrected chi connectivity index (χ4v) is 3.63. The van der Waals surface area contributed by atoms with Gasteiger partial charge in [-0.05, 0) is 17.7 Å². The Morgan fingerprint density at radius 1 is 1.21 bits per heavy atom. The van der Waals surface area contributed by atoms with E-state index >= 15 is 0 Å². The molecule has 4 rings (SSSR count). The molecule has 10 heteroatoms. The minimum absolute atomic E-state index is 0.0159. The van der Waals surface area contributed by atoms with Gasteiger partial charge in [-0.2, -0.15) is 5.10 Å². The van der Waals surface area contributed by atoms with Gasteiger partial charge in [0, 0.05) is 30.3 Å². The van der Waals surface area contributed by atoms with Gasteiger partial charge in [0.15, 0.2) is 0 Å². The number of amides is 1. The van der Waals surface area contributed by atoms with E-state index in [1.807, 2.05) is 30.3 Å². The SMILES string of the molecule is N=C(N)c1ccc(C2=NOC(CC(=O)NC[C@H](C(=O)O)c3cnn(-c4ccccc4)c3)C2)cc1. The molecular weight excluding hydrogens is 436 g/mol. The highest BCUT2D eigenvalue weighted by molar-refractivity contribution is 6.02. The molecule has 2 heterocycles. The Labute approximate surface area is 195 Å². The Balaban J connectivity index is 1.30. The van der Waals surface area contributed by atoms with Gasteiger partial charge in [-0.25, -0.2) is 4.68 Å². The van der Waals surface area contributed by atoms with Crippen LogP contribution in [0.4, 0.5) is 0 Å². The molecule has 1 aliphatic rings. The number of nitrogen functional groups attached to an aromatic ring is 1. The summed E-state index contributed by atoms with van der Waals surface area (Å²) in [7, 11) is 0. The molecule has 34 heavy (non-hydrogen) atoms. The van der Waals surface area contributed by atoms with E-state index < -0.39 is 18.0 Å². The van der Waals surface area contributed by atoms with Crippen LogP contribution in [-0.2, 0) is 14.4 Å². The molecule has 5 N–H and O–H groups in total. The molecule has 0 radical (unpaired) electrons. The van der Waals surface area contributed by atoms with Crippen LogP contribution in [0.25, 0.3) is 5.69 Å². The molecule has 10 nitrogen and oxygen atoms in total. The number of rotatable bonds is 9. The number of aromatic nitrogens is 2. The maximum absolute atomic E-state index is 12.5. The molecule has 2 aromatic carbocycles. The average molecular weight is 460 g/mol. The number of carbonyl (C=O) groups is 2. The van der Waals surface area contributed by atoms with Crippen LogP contribution < -0.4 is 11.1 Å². The van der Waals surface area contributed by atoms with Crippen molar-refractivity contribution in [3.8, 4) is 5.69 Å². The molecule has 0 saturated carbocycles. The third-order valence-corrected chi connectivity index (χ3v) is 5.50. The largest absolute Gasteiger partial charge is 0.481 e. The first-order valence-electron chi connectivity index (χ1n) is 10.7. The molecule has 0 aliphatic carbocycles. The van der Waals surface area contributed by atoms with Crippen molar-refractivity contribution in [2.75, 3.05) is 6.54 Å². The molecule has 0 bridgehead atoms. The number of nitrogens with zero attached hydrogens (tertiary/aromatic N) is 3. The van der Waals surface area contributed by atoms with E-state index in [0.717, 1.165) is 11.3 Å². The van der Waals surface area contributed by atoms with Gasteiger partial charge in [0.1, 0.15) is 17.9 Å². The van der Waals surface area contributed by atoms with Crippen LogP contribution >= 0.6 is 0 Å². The Kier molecular flexibility index (Phi) is 6.67. The minimum atomic E-state index is -1.05. The third-order valence-electron chi connectivity index (χ3n) is 5.50. The van der Waals surface area contributed by atoms with Crippen LogP contribution in [0.15, 0.2) is 72.1 Å². The minimum Gasteiger partial charge on any atom is -0.481 e. The summed E-state index contributed by atoms with van der Waals surface area (Å²) in [5.74, 6) is -2.32. The fourth-order valence-electron chi connectivity index (χ4n) is 3.63. The molecule has 2 atom stereocenters. The van der Waals surface area contributed by atoms with Gasteiger partial charge in [0.25, 0.3) is 0 Å². The van der Waals surface area contributed by atoms with Gasteiger partial charge >= 0.3 is 5.97 Å². The predicted molar refractivity (Wildman–Crippen MR) is 125 cm³/mol. The van der Waals surface area contributed by atoms with Gasteiger partial charge < -0.3 is 21.0 Å². The second-order valence-electron chi connectivity index (χ2n) is 7.91. The average Bonchev–Trinajstić information content (AvgIpc) is 3.50. The number of hydrogen-bond donors (Lipinski definition) is 4. The number of carbonyl (C=O) groups excluding carboxylic acids is 1. The second-order valence-corrected chi connectivity index (χ2v) is 7.91. The molecule has 1 aliphatic heterocycles. The summed E-state index contributed by atoms with van der Waals surface area (Å²) in [5, 5.41) is 28.1. The van der Waals surface area contributed by atoms with E-state index in [2.05, 4.69) is 15.6 Å². The number of hydrogen-bond acceptors (Lipinski definition) is 6. The van der Waals surface area contributed by atoms with Crippen LogP contribution in [0, 0.1) is 5.41 Å². The van der Waals surface area contributed by atoms with E-state index in [4.69, 9.17) is 16.0 Å². The Hall–Kier alpha value is -4.47. The lowest BCUT2D eigenvalue weighted by Gasteiger charge is -2.13. The van der Waals surface area contributed by atoms with E-state index in [9.17, 15) is 14.7 Å². The van der Waals surface area contributed by atoms with Gasteiger partial charge in [0.05, 0.1) is 24.0 Å². The van der Waals surface area contributed by atoms with Crippen molar-refractivity contribution >= 4 is 23.4 Å². The highest BCUT2D eigenvalue weighted by Crippen LogP contribution is 2.20. The summed E-state index contributed by atoms with van der Waals surface area (Å²) < 4.78 is 1.60. The summed E-state index contributed by atoms with van der Waals surface area (Å²) in [6, 6.07) is 16.4. The number of nitrogens with two attached hydrogens (primary N) is 1. The first kappa shape index (κ1) is 22.7. The normalized spacial score (nSPS) is 15.8. The van der Waals surface area contributed by atoms with E-state index in [1.54, 1.807) is 35.1 Å². The van der Waals surface area contributed by atoms with Gasteiger partial charge in [-0.3, -0.25) is 15.0 Å². The highest BCUT2D eigenvalue weighted by Gasteiger charge is 2.27. The van der Waals surface area contributed by atoms with Crippen molar-refractivity contribution in [1.82, 2.24) is 15.1 Å². The molecule has 174 valence electrons. The number of aliphatic carboxylic acids is 1. The number of nitrogens with one attached hydrogen (secondary N) is 2. The third kappa shape index (κ3) is 5.29. The number of carboxylic acids is 1. The highest BCUT2D eigenvalue weighted by atomic mass is 16.6. The number of para-hydroxylation sites is 1. The zero-order valence-corrected chi connectivity index (χ0v) is 18.2. The molecular formula is C24H24N6O4. The maximum atomic E-state index is 12.5. The fraction of sp³-hybridized carbons (Fsp3) is 0.208. The summed E-state index contributed by atoms with van der Waals surface area (Å²) in [6.45, 7) is -0.0679. The Morgan fingerprint density at radius 3 is 2.62 bits per heavy atom. The zero-order chi connectivity index (χ0) is 24.1. The lowest BCUT2D eigenvalue weighted by molar-refractivity contribution is -0.138. The number of amidine groups is 1. The smallest absolute Gasteiger partial charge is 0.312 e. The van der Waals surface area contributed by atoms with Crippen molar-refractivity contribution in [3.63, 3.8) is 0 Å². The zero-order valence-electron chi connectivity index (χ0n) is 18.2. The molecule has 1 aromatic heterocycles. The number of benzene rings is 2. The second kappa shape index (κ2) is 9.99. The van der Waals surface area contributed by atoms with E-state index in [-0.39, 0.29) is 24.7 Å². The van der Waals surface area contributed by atoms with Crippen LogP contribution in [0.1, 0.15) is 35.4 Å². The topological polar surface area (TPSA) is 156 Å². The summed E-state index contributed by atoms with van der Waals surface area (Å²) in [5.41, 5.74) is 8.92. The van der Waals surface area contributed by atoms with Crippen molar-refractivity contribution in [3.05, 3.63) is 83.7 Å². The molecule has 1 unspecified atom stereocenters. The van der Waals surface area contributed by atoms with Crippen molar-refractivity contribution in [1.29, 1.82) is 5.41 Å². The Morgan fingerprint density at radius 2 is 1.94 bits per heavy atom. The number of oxime groups is 1. The molecule has 3 aromatic rings. The summed E-state index contributed by atoms with van der Waals surface area (Å²) in [4.78, 5) is 29.7. The van der Waals surface area contributed by atoms with Crippen LogP contribution in [0.3, 0.4) is 0 Å². The summed E-state index contributed by atoms with van der Waals surface area (Å²) in [6.07, 6.45) is 3.20. The summed E-state index contributed by atoms with van der Waals surface area (Å²) >= 11 is 0. The molecule has 1 amide bonds. The first-order valence-corrected chi connectivity index (χ1v) is 10.7. The first-order chi connectivity index (χ1) is 16.4. The molecule has 0 saturated heterocycles. The monoisotopic (exact) mass is 460 g/mol. The maximum Gasteiger partial charge on any atom is 0.312 e. The Bertz CT molecular complexity index is 1220. The van der Waals surface area contributed by atoms with Gasteiger partial charge in [0.2, 0.25) is 5.91 Å². The van der Waals surface area contributed by atoms with Crippen LogP contribution in [0.2, 0.25) is 0 Å². The molecule has 0 fully saturated rings. The van der Waals surface area contributed by atoms with E-state index in [0.29, 0.717) is 23.3 Å². The van der Waals surface area contributed by atoms with Gasteiger partial charge in [-0.1, -0.05) is 47.6 Å². The van der Waals surface area contributed by atoms with Crippen molar-refractivity contribution in [2.24, 2.45) is 10.9 Å². The predicted octanol–water partition coefficient (Wildman–Crippen LogP) is 2.02. The van der Waals surface area contributed by atoms with Crippen molar-refractivity contribution in [2.45, 2.75) is 24.9 Å². The quantitative estimate of drug-likeness (QED) is 0.283. The van der Waals surface area contributed by atoms with E-state index in [1.165, 1.54) is 6.20 Å². The van der Waals surface area contributed by atoms with Crippen molar-refractivity contribution < 1.29 is 19.5 Å². The number of carboxylic acid groups (broad SMARTS) is 1. The molecule has 0 spiro atoms. The lowest BCUT2D eigenvalue weighted by Crippen LogP contribution is -2.33.